The van der Waals surface area contributed by atoms with E-state index in [1.165, 1.54) is 6.92 Å². The molecule has 0 spiro atoms. The third kappa shape index (κ3) is 4.87. The summed E-state index contributed by atoms with van der Waals surface area (Å²) in [6.07, 6.45) is 0.265. The van der Waals surface area contributed by atoms with E-state index in [2.05, 4.69) is 5.32 Å². The first-order valence-corrected chi connectivity index (χ1v) is 7.92. The molecule has 2 amide bonds. The molecule has 0 saturated carbocycles. The van der Waals surface area contributed by atoms with E-state index in [1.807, 2.05) is 13.8 Å². The van der Waals surface area contributed by atoms with Crippen LogP contribution in [0.1, 0.15) is 27.2 Å². The molecular formula is C17H24N2O4. The second-order valence-electron chi connectivity index (χ2n) is 5.95. The predicted octanol–water partition coefficient (Wildman–Crippen LogP) is 1.97. The molecule has 2 rings (SSSR count). The summed E-state index contributed by atoms with van der Waals surface area (Å²) < 4.78 is 11.0. The largest absolute Gasteiger partial charge is 0.486 e. The van der Waals surface area contributed by atoms with E-state index in [9.17, 15) is 9.59 Å². The van der Waals surface area contributed by atoms with Crippen molar-refractivity contribution in [3.8, 4) is 11.5 Å². The van der Waals surface area contributed by atoms with Crippen LogP contribution in [0, 0.1) is 5.92 Å². The number of hydrogen-bond donors (Lipinski definition) is 1. The maximum atomic E-state index is 11.9. The van der Waals surface area contributed by atoms with Gasteiger partial charge in [0.25, 0.3) is 0 Å². The van der Waals surface area contributed by atoms with Crippen LogP contribution in [0.25, 0.3) is 0 Å². The number of nitrogens with one attached hydrogen (secondary N) is 1. The minimum atomic E-state index is -0.113. The van der Waals surface area contributed by atoms with Crippen molar-refractivity contribution >= 4 is 17.5 Å². The number of carbonyl (C=O) groups excluding carboxylic acids is 2. The van der Waals surface area contributed by atoms with Gasteiger partial charge in [0.1, 0.15) is 13.2 Å². The second-order valence-corrected chi connectivity index (χ2v) is 5.95. The molecule has 1 aliphatic heterocycles. The van der Waals surface area contributed by atoms with Crippen LogP contribution < -0.4 is 19.7 Å². The Labute approximate surface area is 136 Å². The monoisotopic (exact) mass is 320 g/mol. The molecule has 1 heterocycles. The Balaban J connectivity index is 2.01. The quantitative estimate of drug-likeness (QED) is 0.870. The van der Waals surface area contributed by atoms with E-state index in [0.717, 1.165) is 0 Å². The lowest BCUT2D eigenvalue weighted by Crippen LogP contribution is -2.35. The van der Waals surface area contributed by atoms with Crippen LogP contribution in [0.4, 0.5) is 5.69 Å². The topological polar surface area (TPSA) is 67.9 Å². The summed E-state index contributed by atoms with van der Waals surface area (Å²) in [6, 6.07) is 5.38. The molecule has 1 aromatic rings. The predicted molar refractivity (Wildman–Crippen MR) is 87.9 cm³/mol. The van der Waals surface area contributed by atoms with Gasteiger partial charge in [0.15, 0.2) is 11.5 Å². The maximum absolute atomic E-state index is 11.9. The van der Waals surface area contributed by atoms with E-state index in [4.69, 9.17) is 9.47 Å². The van der Waals surface area contributed by atoms with Crippen molar-refractivity contribution in [2.45, 2.75) is 27.2 Å². The normalized spacial score (nSPS) is 12.9. The fourth-order valence-corrected chi connectivity index (χ4v) is 2.29. The zero-order valence-corrected chi connectivity index (χ0v) is 13.9. The maximum Gasteiger partial charge on any atom is 0.223 e. The number of fused-ring (bicyclic) bond motifs is 1. The summed E-state index contributed by atoms with van der Waals surface area (Å²) in [7, 11) is 0. The first-order valence-electron chi connectivity index (χ1n) is 7.92. The Morgan fingerprint density at radius 1 is 1.22 bits per heavy atom. The van der Waals surface area contributed by atoms with Gasteiger partial charge in [-0.1, -0.05) is 13.8 Å². The molecule has 0 bridgehead atoms. The fourth-order valence-electron chi connectivity index (χ4n) is 2.29. The standard InChI is InChI=1S/C17H24N2O4/c1-12(2)11-18-17(21)6-7-19(13(3)20)14-4-5-15-16(10-14)23-9-8-22-15/h4-5,10,12H,6-9,11H2,1-3H3,(H,18,21). The molecule has 0 fully saturated rings. The van der Waals surface area contributed by atoms with Crippen LogP contribution in [0.15, 0.2) is 18.2 Å². The Morgan fingerprint density at radius 3 is 2.57 bits per heavy atom. The van der Waals surface area contributed by atoms with Crippen molar-refractivity contribution in [3.63, 3.8) is 0 Å². The highest BCUT2D eigenvalue weighted by molar-refractivity contribution is 5.92. The number of nitrogens with zero attached hydrogens (tertiary/aromatic N) is 1. The number of carbonyl (C=O) groups is 2. The molecule has 0 saturated heterocycles. The van der Waals surface area contributed by atoms with E-state index >= 15 is 0 Å². The van der Waals surface area contributed by atoms with E-state index in [0.29, 0.717) is 49.4 Å². The van der Waals surface area contributed by atoms with Crippen LogP contribution in [-0.4, -0.2) is 38.1 Å². The van der Waals surface area contributed by atoms with Gasteiger partial charge in [-0.15, -0.1) is 0 Å². The number of amides is 2. The zero-order valence-electron chi connectivity index (χ0n) is 13.9. The lowest BCUT2D eigenvalue weighted by atomic mass is 10.2. The fraction of sp³-hybridized carbons (Fsp3) is 0.529. The van der Waals surface area contributed by atoms with Crippen molar-refractivity contribution < 1.29 is 19.1 Å². The summed E-state index contributed by atoms with van der Waals surface area (Å²) >= 11 is 0. The Morgan fingerprint density at radius 2 is 1.91 bits per heavy atom. The highest BCUT2D eigenvalue weighted by Crippen LogP contribution is 2.34. The van der Waals surface area contributed by atoms with Gasteiger partial charge < -0.3 is 19.7 Å². The molecule has 126 valence electrons. The Hall–Kier alpha value is -2.24. The summed E-state index contributed by atoms with van der Waals surface area (Å²) in [6.45, 7) is 7.56. The molecule has 6 heteroatoms. The van der Waals surface area contributed by atoms with Gasteiger partial charge in [-0.25, -0.2) is 0 Å². The Bertz CT molecular complexity index is 572. The van der Waals surface area contributed by atoms with Gasteiger partial charge in [0.2, 0.25) is 11.8 Å². The number of hydrogen-bond acceptors (Lipinski definition) is 4. The summed E-state index contributed by atoms with van der Waals surface area (Å²) in [5.41, 5.74) is 0.707. The molecule has 0 unspecified atom stereocenters. The van der Waals surface area contributed by atoms with Gasteiger partial charge in [-0.3, -0.25) is 9.59 Å². The van der Waals surface area contributed by atoms with Crippen molar-refractivity contribution in [2.24, 2.45) is 5.92 Å². The van der Waals surface area contributed by atoms with E-state index in [-0.39, 0.29) is 18.2 Å². The molecule has 0 atom stereocenters. The average molecular weight is 320 g/mol. The highest BCUT2D eigenvalue weighted by atomic mass is 16.6. The first-order chi connectivity index (χ1) is 11.0. The second kappa shape index (κ2) is 7.85. The van der Waals surface area contributed by atoms with Gasteiger partial charge in [0.05, 0.1) is 0 Å². The SMILES string of the molecule is CC(=O)N(CCC(=O)NCC(C)C)c1ccc2c(c1)OCCO2. The van der Waals surface area contributed by atoms with Crippen molar-refractivity contribution in [1.29, 1.82) is 0 Å². The lowest BCUT2D eigenvalue weighted by Gasteiger charge is -2.24. The molecule has 1 aromatic carbocycles. The number of rotatable bonds is 6. The van der Waals surface area contributed by atoms with Gasteiger partial charge in [0, 0.05) is 38.2 Å². The van der Waals surface area contributed by atoms with Gasteiger partial charge >= 0.3 is 0 Å². The molecule has 1 aliphatic rings. The molecule has 0 aromatic heterocycles. The number of anilines is 1. The van der Waals surface area contributed by atoms with Crippen LogP contribution in [0.3, 0.4) is 0 Å². The van der Waals surface area contributed by atoms with Crippen molar-refractivity contribution in [3.05, 3.63) is 18.2 Å². The molecule has 1 N–H and O–H groups in total. The smallest absolute Gasteiger partial charge is 0.223 e. The summed E-state index contributed by atoms with van der Waals surface area (Å²) in [4.78, 5) is 25.3. The van der Waals surface area contributed by atoms with Crippen molar-refractivity contribution in [2.75, 3.05) is 31.2 Å². The van der Waals surface area contributed by atoms with E-state index in [1.54, 1.807) is 23.1 Å². The molecule has 0 radical (unpaired) electrons. The average Bonchev–Trinajstić information content (AvgIpc) is 2.52. The lowest BCUT2D eigenvalue weighted by molar-refractivity contribution is -0.121. The minimum absolute atomic E-state index is 0.0532. The zero-order chi connectivity index (χ0) is 16.8. The van der Waals surface area contributed by atoms with E-state index < -0.39 is 0 Å². The molecule has 0 aliphatic carbocycles. The third-order valence-corrected chi connectivity index (χ3v) is 3.49. The number of benzene rings is 1. The van der Waals surface area contributed by atoms with Gasteiger partial charge in [-0.2, -0.15) is 0 Å². The summed E-state index contributed by atoms with van der Waals surface area (Å²) in [5.74, 6) is 1.55. The number of ether oxygens (including phenoxy) is 2. The van der Waals surface area contributed by atoms with Crippen LogP contribution >= 0.6 is 0 Å². The van der Waals surface area contributed by atoms with Gasteiger partial charge in [-0.05, 0) is 18.1 Å². The first kappa shape index (κ1) is 17.1. The summed E-state index contributed by atoms with van der Waals surface area (Å²) in [5, 5.41) is 2.86. The molecular weight excluding hydrogens is 296 g/mol. The van der Waals surface area contributed by atoms with Crippen LogP contribution in [0.2, 0.25) is 0 Å². The minimum Gasteiger partial charge on any atom is -0.486 e. The van der Waals surface area contributed by atoms with Crippen LogP contribution in [0.5, 0.6) is 11.5 Å². The Kier molecular flexibility index (Phi) is 5.84. The third-order valence-electron chi connectivity index (χ3n) is 3.49. The molecule has 23 heavy (non-hydrogen) atoms. The van der Waals surface area contributed by atoms with Crippen molar-refractivity contribution in [1.82, 2.24) is 5.32 Å². The van der Waals surface area contributed by atoms with Crippen LogP contribution in [-0.2, 0) is 9.59 Å². The molecule has 6 nitrogen and oxygen atoms in total. The highest BCUT2D eigenvalue weighted by Gasteiger charge is 2.18.